The lowest BCUT2D eigenvalue weighted by atomic mass is 10.3. The fourth-order valence-electron chi connectivity index (χ4n) is 2.18. The van der Waals surface area contributed by atoms with Crippen molar-refractivity contribution in [2.45, 2.75) is 22.8 Å². The molecule has 1 N–H and O–H groups in total. The molecule has 0 radical (unpaired) electrons. The van der Waals surface area contributed by atoms with Crippen molar-refractivity contribution in [1.29, 1.82) is 0 Å². The summed E-state index contributed by atoms with van der Waals surface area (Å²) in [6, 6.07) is 4.07. The maximum absolute atomic E-state index is 12.6. The number of hydrogen-bond donors (Lipinski definition) is 1. The van der Waals surface area contributed by atoms with E-state index >= 15 is 0 Å². The molecule has 1 saturated heterocycles. The van der Waals surface area contributed by atoms with Crippen LogP contribution in [-0.2, 0) is 19.9 Å². The van der Waals surface area contributed by atoms with Gasteiger partial charge in [-0.15, -0.1) is 0 Å². The molecule has 0 aromatic heterocycles. The quantitative estimate of drug-likeness (QED) is 0.817. The molecule has 1 aliphatic heterocycles. The number of benzene rings is 1. The Hall–Kier alpha value is -0.480. The van der Waals surface area contributed by atoms with E-state index in [2.05, 4.69) is 21.2 Å². The molecule has 0 saturated carbocycles. The van der Waals surface area contributed by atoms with Gasteiger partial charge < -0.3 is 5.32 Å². The highest BCUT2D eigenvalue weighted by molar-refractivity contribution is 9.10. The second-order valence-electron chi connectivity index (χ2n) is 5.08. The summed E-state index contributed by atoms with van der Waals surface area (Å²) in [5, 5.41) is 3.18. The van der Waals surface area contributed by atoms with Gasteiger partial charge in [-0.2, -0.15) is 4.31 Å². The molecule has 9 heteroatoms. The highest BCUT2D eigenvalue weighted by Crippen LogP contribution is 2.28. The summed E-state index contributed by atoms with van der Waals surface area (Å²) in [6.07, 6.45) is 1.08. The number of sulfone groups is 1. The molecule has 0 bridgehead atoms. The molecule has 2 rings (SSSR count). The van der Waals surface area contributed by atoms with Crippen molar-refractivity contribution in [3.8, 4) is 0 Å². The Morgan fingerprint density at radius 1 is 1.29 bits per heavy atom. The van der Waals surface area contributed by atoms with E-state index in [4.69, 9.17) is 0 Å². The number of hydrogen-bond acceptors (Lipinski definition) is 5. The molecule has 0 amide bonds. The molecule has 21 heavy (non-hydrogen) atoms. The van der Waals surface area contributed by atoms with E-state index in [-0.39, 0.29) is 20.3 Å². The zero-order valence-corrected chi connectivity index (χ0v) is 14.9. The predicted octanol–water partition coefficient (Wildman–Crippen LogP) is 0.835. The van der Waals surface area contributed by atoms with E-state index in [0.29, 0.717) is 19.6 Å². The molecule has 1 fully saturated rings. The van der Waals surface area contributed by atoms with Gasteiger partial charge in [-0.1, -0.05) is 0 Å². The largest absolute Gasteiger partial charge is 0.312 e. The molecule has 1 heterocycles. The summed E-state index contributed by atoms with van der Waals surface area (Å²) in [4.78, 5) is 0.172. The molecule has 1 atom stereocenters. The highest BCUT2D eigenvalue weighted by atomic mass is 79.9. The molecule has 1 aliphatic rings. The van der Waals surface area contributed by atoms with Crippen LogP contribution in [0.25, 0.3) is 0 Å². The van der Waals surface area contributed by atoms with Crippen molar-refractivity contribution in [1.82, 2.24) is 9.62 Å². The first-order valence-electron chi connectivity index (χ1n) is 6.35. The Morgan fingerprint density at radius 2 is 1.95 bits per heavy atom. The van der Waals surface area contributed by atoms with Gasteiger partial charge in [-0.25, -0.2) is 16.8 Å². The minimum absolute atomic E-state index is 0.0852. The number of nitrogens with one attached hydrogen (secondary N) is 1. The Balaban J connectivity index is 2.41. The maximum atomic E-state index is 12.6. The van der Waals surface area contributed by atoms with Crippen LogP contribution < -0.4 is 5.32 Å². The van der Waals surface area contributed by atoms with E-state index in [0.717, 1.165) is 6.26 Å². The lowest BCUT2D eigenvalue weighted by Gasteiger charge is -2.31. The van der Waals surface area contributed by atoms with Crippen LogP contribution in [0.15, 0.2) is 32.5 Å². The van der Waals surface area contributed by atoms with Gasteiger partial charge in [0.25, 0.3) is 0 Å². The summed E-state index contributed by atoms with van der Waals surface area (Å²) in [7, 11) is -7.01. The average Bonchev–Trinajstić information content (AvgIpc) is 2.37. The maximum Gasteiger partial charge on any atom is 0.244 e. The first kappa shape index (κ1) is 16.9. The lowest BCUT2D eigenvalue weighted by Crippen LogP contribution is -2.51. The highest BCUT2D eigenvalue weighted by Gasteiger charge is 2.30. The van der Waals surface area contributed by atoms with Crippen LogP contribution in [0.5, 0.6) is 0 Å². The van der Waals surface area contributed by atoms with E-state index in [1.807, 2.05) is 6.92 Å². The third-order valence-electron chi connectivity index (χ3n) is 3.28. The Kier molecular flexibility index (Phi) is 4.79. The van der Waals surface area contributed by atoms with Crippen LogP contribution in [0, 0.1) is 0 Å². The van der Waals surface area contributed by atoms with Crippen molar-refractivity contribution in [2.24, 2.45) is 0 Å². The number of rotatable bonds is 3. The zero-order chi connectivity index (χ0) is 15.8. The van der Waals surface area contributed by atoms with E-state index in [1.165, 1.54) is 22.5 Å². The van der Waals surface area contributed by atoms with Crippen LogP contribution in [0.4, 0.5) is 0 Å². The van der Waals surface area contributed by atoms with Crippen molar-refractivity contribution in [2.75, 3.05) is 25.9 Å². The van der Waals surface area contributed by atoms with Gasteiger partial charge in [-0.3, -0.25) is 0 Å². The van der Waals surface area contributed by atoms with E-state index < -0.39 is 19.9 Å². The fraction of sp³-hybridized carbons (Fsp3) is 0.500. The van der Waals surface area contributed by atoms with Crippen LogP contribution in [0.3, 0.4) is 0 Å². The van der Waals surface area contributed by atoms with Gasteiger partial charge in [-0.05, 0) is 41.1 Å². The van der Waals surface area contributed by atoms with Gasteiger partial charge in [0.2, 0.25) is 10.0 Å². The summed E-state index contributed by atoms with van der Waals surface area (Å²) >= 11 is 3.17. The monoisotopic (exact) mass is 396 g/mol. The Morgan fingerprint density at radius 3 is 2.48 bits per heavy atom. The molecule has 0 spiro atoms. The van der Waals surface area contributed by atoms with Crippen molar-refractivity contribution >= 4 is 35.8 Å². The number of piperazine rings is 1. The second kappa shape index (κ2) is 5.96. The normalized spacial score (nSPS) is 21.4. The topological polar surface area (TPSA) is 83.6 Å². The van der Waals surface area contributed by atoms with Gasteiger partial charge in [0.05, 0.1) is 9.79 Å². The van der Waals surface area contributed by atoms with Gasteiger partial charge in [0.1, 0.15) is 0 Å². The van der Waals surface area contributed by atoms with Crippen molar-refractivity contribution < 1.29 is 16.8 Å². The zero-order valence-electron chi connectivity index (χ0n) is 11.7. The van der Waals surface area contributed by atoms with Crippen LogP contribution in [-0.4, -0.2) is 53.1 Å². The van der Waals surface area contributed by atoms with Crippen LogP contribution >= 0.6 is 15.9 Å². The van der Waals surface area contributed by atoms with Gasteiger partial charge >= 0.3 is 0 Å². The van der Waals surface area contributed by atoms with E-state index in [1.54, 1.807) is 0 Å². The predicted molar refractivity (Wildman–Crippen MR) is 83.5 cm³/mol. The standard InChI is InChI=1S/C12H17BrN2O4S2/c1-9-8-15(6-5-14-9)21(18,19)12-4-3-10(7-11(12)13)20(2,16)17/h3-4,7,9,14H,5-6,8H2,1-2H3. The Labute approximate surface area is 133 Å². The summed E-state index contributed by atoms with van der Waals surface area (Å²) in [6.45, 7) is 3.30. The summed E-state index contributed by atoms with van der Waals surface area (Å²) in [5.41, 5.74) is 0. The first-order chi connectivity index (χ1) is 9.62. The minimum Gasteiger partial charge on any atom is -0.312 e. The number of sulfonamides is 1. The average molecular weight is 397 g/mol. The molecular weight excluding hydrogens is 380 g/mol. The summed E-state index contributed by atoms with van der Waals surface area (Å²) in [5.74, 6) is 0. The number of nitrogens with zero attached hydrogens (tertiary/aromatic N) is 1. The molecular formula is C12H17BrN2O4S2. The smallest absolute Gasteiger partial charge is 0.244 e. The summed E-state index contributed by atoms with van der Waals surface area (Å²) < 4.78 is 49.9. The third-order valence-corrected chi connectivity index (χ3v) is 7.23. The molecule has 1 aromatic rings. The lowest BCUT2D eigenvalue weighted by molar-refractivity contribution is 0.310. The van der Waals surface area contributed by atoms with Crippen LogP contribution in [0.2, 0.25) is 0 Å². The van der Waals surface area contributed by atoms with Crippen molar-refractivity contribution in [3.05, 3.63) is 22.7 Å². The van der Waals surface area contributed by atoms with Crippen LogP contribution in [0.1, 0.15) is 6.92 Å². The number of halogens is 1. The Bertz CT molecular complexity index is 747. The molecule has 6 nitrogen and oxygen atoms in total. The second-order valence-corrected chi connectivity index (χ2v) is 9.86. The molecule has 1 aromatic carbocycles. The first-order valence-corrected chi connectivity index (χ1v) is 10.5. The third kappa shape index (κ3) is 3.65. The van der Waals surface area contributed by atoms with E-state index in [9.17, 15) is 16.8 Å². The minimum atomic E-state index is -3.64. The van der Waals surface area contributed by atoms with Crippen molar-refractivity contribution in [3.63, 3.8) is 0 Å². The molecule has 118 valence electrons. The molecule has 0 aliphatic carbocycles. The van der Waals surface area contributed by atoms with Gasteiger partial charge in [0, 0.05) is 36.4 Å². The SMILES string of the molecule is CC1CN(S(=O)(=O)c2ccc(S(C)(=O)=O)cc2Br)CCN1. The molecule has 1 unspecified atom stereocenters. The fourth-order valence-corrected chi connectivity index (χ4v) is 5.54. The van der Waals surface area contributed by atoms with Gasteiger partial charge in [0.15, 0.2) is 9.84 Å².